The molecule has 0 aliphatic heterocycles. The number of fused-ring (bicyclic) bond motifs is 2. The van der Waals surface area contributed by atoms with Gasteiger partial charge in [0.25, 0.3) is 0 Å². The van der Waals surface area contributed by atoms with Gasteiger partial charge < -0.3 is 33.2 Å². The number of benzene rings is 2. The number of hydrogen-bond donors (Lipinski definition) is 1. The highest BCUT2D eigenvalue weighted by atomic mass is 16.7. The number of ketones is 1. The second kappa shape index (κ2) is 13.7. The molecule has 0 bridgehead atoms. The number of carboxylic acid groups (broad SMARTS) is 1. The topological polar surface area (TPSA) is 168 Å². The van der Waals surface area contributed by atoms with Gasteiger partial charge in [0.15, 0.2) is 28.6 Å². The first-order valence-electron chi connectivity index (χ1n) is 13.9. The third kappa shape index (κ3) is 9.35. The first-order valence-corrected chi connectivity index (χ1v) is 13.9. The molecule has 0 aliphatic rings. The average Bonchev–Trinajstić information content (AvgIpc) is 3.33. The van der Waals surface area contributed by atoms with Gasteiger partial charge in [-0.05, 0) is 60.5 Å². The molecule has 0 aliphatic carbocycles. The van der Waals surface area contributed by atoms with Crippen LogP contribution in [0.15, 0.2) is 34.7 Å². The molecule has 0 saturated carbocycles. The number of unbranched alkanes of at least 4 members (excludes halogenated alkanes) is 1. The number of carboxylic acids is 1. The molecule has 1 N–H and O–H groups in total. The van der Waals surface area contributed by atoms with E-state index in [2.05, 4.69) is 0 Å². The highest BCUT2D eigenvalue weighted by molar-refractivity contribution is 6.12. The van der Waals surface area contributed by atoms with Crippen LogP contribution in [0.4, 0.5) is 14.4 Å². The van der Waals surface area contributed by atoms with Gasteiger partial charge in [-0.15, -0.1) is 0 Å². The molecule has 0 unspecified atom stereocenters. The molecule has 0 radical (unpaired) electrons. The minimum atomic E-state index is -1.19. The van der Waals surface area contributed by atoms with E-state index in [4.69, 9.17) is 33.2 Å². The lowest BCUT2D eigenvalue weighted by atomic mass is 10.1. The maximum Gasteiger partial charge on any atom is 0.514 e. The lowest BCUT2D eigenvalue weighted by molar-refractivity contribution is -0.138. The van der Waals surface area contributed by atoms with Crippen molar-refractivity contribution < 1.29 is 57.2 Å². The number of rotatable bonds is 10. The van der Waals surface area contributed by atoms with E-state index in [9.17, 15) is 24.0 Å². The van der Waals surface area contributed by atoms with Gasteiger partial charge in [0.2, 0.25) is 0 Å². The molecule has 2 aromatic carbocycles. The van der Waals surface area contributed by atoms with Gasteiger partial charge in [-0.2, -0.15) is 0 Å². The highest BCUT2D eigenvalue weighted by Gasteiger charge is 2.27. The summed E-state index contributed by atoms with van der Waals surface area (Å²) in [5.74, 6) is -1.66. The summed E-state index contributed by atoms with van der Waals surface area (Å²) < 4.78 is 32.6. The van der Waals surface area contributed by atoms with Crippen molar-refractivity contribution in [3.05, 3.63) is 36.1 Å². The third-order valence-corrected chi connectivity index (χ3v) is 5.73. The van der Waals surface area contributed by atoms with Crippen molar-refractivity contribution in [2.45, 2.75) is 72.5 Å². The Hall–Kier alpha value is -4.81. The molecule has 0 saturated heterocycles. The van der Waals surface area contributed by atoms with Crippen molar-refractivity contribution in [1.29, 1.82) is 0 Å². The summed E-state index contributed by atoms with van der Waals surface area (Å²) >= 11 is 0. The molecule has 13 nitrogen and oxygen atoms in total. The average molecular weight is 616 g/mol. The van der Waals surface area contributed by atoms with Crippen LogP contribution in [0.25, 0.3) is 21.7 Å². The van der Waals surface area contributed by atoms with Crippen LogP contribution in [0.2, 0.25) is 0 Å². The summed E-state index contributed by atoms with van der Waals surface area (Å²) in [6.07, 6.45) is -2.22. The van der Waals surface area contributed by atoms with Crippen molar-refractivity contribution in [3.63, 3.8) is 0 Å². The van der Waals surface area contributed by atoms with E-state index in [0.29, 0.717) is 17.2 Å². The van der Waals surface area contributed by atoms with E-state index in [1.165, 1.54) is 13.0 Å². The predicted octanol–water partition coefficient (Wildman–Crippen LogP) is 6.72. The monoisotopic (exact) mass is 615 g/mol. The van der Waals surface area contributed by atoms with Crippen molar-refractivity contribution in [1.82, 2.24) is 4.90 Å². The molecule has 0 spiro atoms. The molecule has 1 amide bonds. The summed E-state index contributed by atoms with van der Waals surface area (Å²) in [6, 6.07) is 7.99. The normalized spacial score (nSPS) is 11.6. The highest BCUT2D eigenvalue weighted by Crippen LogP contribution is 2.44. The van der Waals surface area contributed by atoms with Crippen LogP contribution in [0, 0.1) is 0 Å². The van der Waals surface area contributed by atoms with Gasteiger partial charge in [-0.1, -0.05) is 24.3 Å². The van der Waals surface area contributed by atoms with Crippen LogP contribution >= 0.6 is 0 Å². The summed E-state index contributed by atoms with van der Waals surface area (Å²) in [5, 5.41) is 10.0. The van der Waals surface area contributed by atoms with E-state index in [-0.39, 0.29) is 47.8 Å². The van der Waals surface area contributed by atoms with Crippen molar-refractivity contribution in [2.24, 2.45) is 0 Å². The van der Waals surface area contributed by atoms with Crippen molar-refractivity contribution in [2.75, 3.05) is 19.7 Å². The van der Waals surface area contributed by atoms with Crippen LogP contribution in [0.1, 0.15) is 71.9 Å². The second-order valence-corrected chi connectivity index (χ2v) is 11.9. The zero-order chi connectivity index (χ0) is 32.8. The number of nitrogens with zero attached hydrogens (tertiary/aromatic N) is 1. The number of Topliss-reactive ketones (excluding diaryl/α,β-unsaturated/α-hetero) is 1. The minimum Gasteiger partial charge on any atom is -0.480 e. The van der Waals surface area contributed by atoms with E-state index >= 15 is 0 Å². The van der Waals surface area contributed by atoms with Gasteiger partial charge in [-0.3, -0.25) is 14.5 Å². The first kappa shape index (κ1) is 33.7. The quantitative estimate of drug-likeness (QED) is 0.0841. The lowest BCUT2D eigenvalue weighted by Gasteiger charge is -2.26. The smallest absolute Gasteiger partial charge is 0.480 e. The van der Waals surface area contributed by atoms with Gasteiger partial charge >= 0.3 is 24.4 Å². The Morgan fingerprint density at radius 3 is 1.98 bits per heavy atom. The van der Waals surface area contributed by atoms with Crippen molar-refractivity contribution >= 4 is 51.9 Å². The number of furan rings is 1. The molecule has 44 heavy (non-hydrogen) atoms. The SMILES string of the molecule is CC(=O)c1cc2c(OC(=O)OCCCCN(CC(=O)O)C(=O)OC(C)(C)C)c3ccccc3c(OC(=O)OC(C)(C)C)c2o1. The van der Waals surface area contributed by atoms with Crippen molar-refractivity contribution in [3.8, 4) is 11.5 Å². The third-order valence-electron chi connectivity index (χ3n) is 5.73. The fourth-order valence-electron chi connectivity index (χ4n) is 4.01. The van der Waals surface area contributed by atoms with Gasteiger partial charge in [0, 0.05) is 24.2 Å². The molecule has 0 atom stereocenters. The van der Waals surface area contributed by atoms with E-state index in [1.807, 2.05) is 0 Å². The van der Waals surface area contributed by atoms with E-state index in [1.54, 1.807) is 65.8 Å². The Morgan fingerprint density at radius 1 is 0.818 bits per heavy atom. The fourth-order valence-corrected chi connectivity index (χ4v) is 4.01. The number of hydrogen-bond acceptors (Lipinski definition) is 11. The van der Waals surface area contributed by atoms with E-state index < -0.39 is 47.9 Å². The molecular weight excluding hydrogens is 578 g/mol. The summed E-state index contributed by atoms with van der Waals surface area (Å²) in [7, 11) is 0. The summed E-state index contributed by atoms with van der Waals surface area (Å²) in [4.78, 5) is 62.1. The maximum absolute atomic E-state index is 12.8. The molecule has 0 fully saturated rings. The number of amides is 1. The zero-order valence-electron chi connectivity index (χ0n) is 25.8. The molecule has 3 aromatic rings. The maximum atomic E-state index is 12.8. The molecule has 13 heteroatoms. The van der Waals surface area contributed by atoms with Crippen LogP contribution in [-0.4, -0.2) is 71.1 Å². The minimum absolute atomic E-state index is 0.0109. The van der Waals surface area contributed by atoms with Gasteiger partial charge in [0.05, 0.1) is 12.0 Å². The Kier molecular flexibility index (Phi) is 10.5. The summed E-state index contributed by atoms with van der Waals surface area (Å²) in [6.45, 7) is 10.8. The van der Waals surface area contributed by atoms with Crippen LogP contribution in [-0.2, 0) is 19.0 Å². The predicted molar refractivity (Wildman–Crippen MR) is 157 cm³/mol. The number of aliphatic carboxylic acids is 1. The molecule has 3 rings (SSSR count). The first-order chi connectivity index (χ1) is 20.4. The van der Waals surface area contributed by atoms with Gasteiger partial charge in [0.1, 0.15) is 17.7 Å². The fraction of sp³-hybridized carbons (Fsp3) is 0.452. The Bertz CT molecular complexity index is 1560. The van der Waals surface area contributed by atoms with Crippen LogP contribution in [0.5, 0.6) is 11.5 Å². The number of carbonyl (C=O) groups excluding carboxylic acids is 4. The van der Waals surface area contributed by atoms with Crippen LogP contribution < -0.4 is 9.47 Å². The molecule has 238 valence electrons. The van der Waals surface area contributed by atoms with Crippen LogP contribution in [0.3, 0.4) is 0 Å². The zero-order valence-corrected chi connectivity index (χ0v) is 25.8. The molecular formula is C31H37NO12. The largest absolute Gasteiger partial charge is 0.514 e. The van der Waals surface area contributed by atoms with Gasteiger partial charge in [-0.25, -0.2) is 14.4 Å². The summed E-state index contributed by atoms with van der Waals surface area (Å²) in [5.41, 5.74) is -1.64. The number of ether oxygens (including phenoxy) is 5. The Balaban J connectivity index is 1.78. The lowest BCUT2D eigenvalue weighted by Crippen LogP contribution is -2.40. The molecule has 1 aromatic heterocycles. The molecule has 1 heterocycles. The second-order valence-electron chi connectivity index (χ2n) is 11.9. The Morgan fingerprint density at radius 2 is 1.41 bits per heavy atom. The standard InChI is InChI=1S/C31H37NO12/c1-18(33)22-16-21-24(19-12-8-9-13-20(19)25(26(21)40-22)42-29(38)44-31(5,6)7)41-28(37)39-15-11-10-14-32(17-23(34)35)27(36)43-30(2,3)4/h8-9,12-13,16H,10-11,14-15,17H2,1-7H3,(H,34,35). The number of carbonyl (C=O) groups is 5. The van der Waals surface area contributed by atoms with E-state index in [0.717, 1.165) is 4.90 Å². The Labute approximate surface area is 253 Å².